The molecule has 0 bridgehead atoms. The van der Waals surface area contributed by atoms with Gasteiger partial charge in [0.1, 0.15) is 23.3 Å². The third kappa shape index (κ3) is 5.28. The van der Waals surface area contributed by atoms with E-state index in [1.807, 2.05) is 13.8 Å². The molecular weight excluding hydrogens is 625 g/mol. The number of nitrogens with one attached hydrogen (secondary N) is 1. The van der Waals surface area contributed by atoms with Gasteiger partial charge in [0.15, 0.2) is 0 Å². The van der Waals surface area contributed by atoms with Gasteiger partial charge in [-0.05, 0) is 60.4 Å². The Morgan fingerprint density at radius 1 is 1.00 bits per heavy atom. The number of carbonyl (C=O) groups excluding carboxylic acids is 1. The molecule has 12 heteroatoms. The van der Waals surface area contributed by atoms with Crippen LogP contribution in [0, 0.1) is 16.2 Å². The molecule has 1 amide bonds. The predicted octanol–water partition coefficient (Wildman–Crippen LogP) is 7.65. The molecule has 1 aliphatic heterocycles. The van der Waals surface area contributed by atoms with Crippen molar-refractivity contribution in [2.24, 2.45) is 16.2 Å². The highest BCUT2D eigenvalue weighted by Crippen LogP contribution is 3.00. The summed E-state index contributed by atoms with van der Waals surface area (Å²) in [4.78, 5) is 27.3. The van der Waals surface area contributed by atoms with Crippen molar-refractivity contribution in [3.63, 3.8) is 0 Å². The molecular formula is C34H34ClF3N2O6. The Morgan fingerprint density at radius 3 is 2.35 bits per heavy atom. The van der Waals surface area contributed by atoms with E-state index in [1.165, 1.54) is 30.2 Å². The Morgan fingerprint density at radius 2 is 1.72 bits per heavy atom. The number of hydrogen-bond acceptors (Lipinski definition) is 6. The van der Waals surface area contributed by atoms with Gasteiger partial charge >= 0.3 is 12.3 Å². The van der Waals surface area contributed by atoms with Gasteiger partial charge in [-0.1, -0.05) is 43.6 Å². The van der Waals surface area contributed by atoms with Crippen molar-refractivity contribution in [2.45, 2.75) is 51.9 Å². The van der Waals surface area contributed by atoms with Gasteiger partial charge in [-0.2, -0.15) is 0 Å². The molecule has 0 aromatic heterocycles. The van der Waals surface area contributed by atoms with Gasteiger partial charge in [-0.3, -0.25) is 9.59 Å². The van der Waals surface area contributed by atoms with Crippen molar-refractivity contribution >= 4 is 34.9 Å². The normalized spacial score (nSPS) is 25.3. The van der Waals surface area contributed by atoms with Crippen LogP contribution in [0.15, 0.2) is 60.7 Å². The minimum atomic E-state index is -4.86. The highest BCUT2D eigenvalue weighted by molar-refractivity contribution is 6.30. The van der Waals surface area contributed by atoms with Crippen LogP contribution in [0.3, 0.4) is 0 Å². The summed E-state index contributed by atoms with van der Waals surface area (Å²) in [6.07, 6.45) is -2.22. The number of rotatable bonds is 10. The summed E-state index contributed by atoms with van der Waals surface area (Å²) in [5, 5.41) is 13.4. The fraction of sp³-hybridized carbons (Fsp3) is 0.412. The Bertz CT molecular complexity index is 1680. The lowest BCUT2D eigenvalue weighted by molar-refractivity contribution is -0.274. The van der Waals surface area contributed by atoms with E-state index in [9.17, 15) is 27.9 Å². The van der Waals surface area contributed by atoms with Crippen molar-refractivity contribution in [3.05, 3.63) is 76.8 Å². The fourth-order valence-corrected chi connectivity index (χ4v) is 7.72. The van der Waals surface area contributed by atoms with E-state index in [2.05, 4.69) is 10.1 Å². The Balaban J connectivity index is 0.00000182. The Labute approximate surface area is 269 Å². The monoisotopic (exact) mass is 658 g/mol. The van der Waals surface area contributed by atoms with Gasteiger partial charge in [0, 0.05) is 46.9 Å². The number of halogens is 4. The summed E-state index contributed by atoms with van der Waals surface area (Å²) >= 11 is 6.12. The van der Waals surface area contributed by atoms with Crippen LogP contribution >= 0.6 is 11.6 Å². The third-order valence-electron chi connectivity index (χ3n) is 9.82. The van der Waals surface area contributed by atoms with Crippen molar-refractivity contribution in [2.75, 3.05) is 30.5 Å². The van der Waals surface area contributed by atoms with Crippen molar-refractivity contribution in [1.29, 1.82) is 0 Å². The summed E-state index contributed by atoms with van der Waals surface area (Å²) in [5.41, 5.74) is 1.38. The first-order valence-corrected chi connectivity index (χ1v) is 15.5. The largest absolute Gasteiger partial charge is 0.573 e. The summed E-state index contributed by atoms with van der Waals surface area (Å²) in [7, 11) is 1.51. The van der Waals surface area contributed by atoms with Gasteiger partial charge in [-0.25, -0.2) is 0 Å². The maximum atomic E-state index is 14.1. The molecule has 3 saturated carbocycles. The molecule has 8 nitrogen and oxygen atoms in total. The van der Waals surface area contributed by atoms with Crippen LogP contribution < -0.4 is 24.4 Å². The van der Waals surface area contributed by atoms with Crippen LogP contribution in [0.4, 0.5) is 24.5 Å². The lowest BCUT2D eigenvalue weighted by Gasteiger charge is -2.31. The van der Waals surface area contributed by atoms with Crippen molar-refractivity contribution in [3.8, 4) is 17.2 Å². The van der Waals surface area contributed by atoms with E-state index in [4.69, 9.17) is 21.1 Å². The average Bonchev–Trinajstić information content (AvgIpc) is 3.65. The Kier molecular flexibility index (Phi) is 7.82. The van der Waals surface area contributed by atoms with Gasteiger partial charge in [-0.15, -0.1) is 13.2 Å². The summed E-state index contributed by atoms with van der Waals surface area (Å²) in [6, 6.07) is 15.0. The maximum Gasteiger partial charge on any atom is 0.573 e. The van der Waals surface area contributed by atoms with Crippen LogP contribution in [-0.4, -0.2) is 43.6 Å². The zero-order valence-electron chi connectivity index (χ0n) is 25.5. The standard InChI is InChI=1S/C32H28ClF3N2O6.C2H6/c1-42-23-10-21(11-24(12-23)43-17-29-14-30(28(40)41)16-31(29,30)15-29)37-26(19-2-5-20(33)6-3-19)27(39)38-9-8-18-4-7-22(13-25(18)38)44-32(34,35)36;1-2/h2-7,10-13,26,37H,8-9,14-17H2,1H3,(H,40,41);1-2H3. The number of nitrogens with zero attached hydrogens (tertiary/aromatic N) is 1. The lowest BCUT2D eigenvalue weighted by atomic mass is 9.75. The van der Waals surface area contributed by atoms with E-state index in [-0.39, 0.29) is 23.3 Å². The topological polar surface area (TPSA) is 97.3 Å². The lowest BCUT2D eigenvalue weighted by Crippen LogP contribution is -2.37. The molecule has 244 valence electrons. The molecule has 2 N–H and O–H groups in total. The van der Waals surface area contributed by atoms with E-state index < -0.39 is 29.5 Å². The number of methoxy groups -OCH3 is 1. The third-order valence-corrected chi connectivity index (χ3v) is 10.1. The highest BCUT2D eigenvalue weighted by Gasteiger charge is 2.99. The second kappa shape index (κ2) is 11.3. The number of carbonyl (C=O) groups is 2. The van der Waals surface area contributed by atoms with Crippen LogP contribution in [0.1, 0.15) is 50.3 Å². The number of ether oxygens (including phenoxy) is 3. The van der Waals surface area contributed by atoms with E-state index in [0.717, 1.165) is 12.0 Å². The quantitative estimate of drug-likeness (QED) is 0.231. The summed E-state index contributed by atoms with van der Waals surface area (Å²) < 4.78 is 54.5. The number of carboxylic acids is 1. The molecule has 1 spiro atoms. The molecule has 4 atom stereocenters. The van der Waals surface area contributed by atoms with E-state index in [0.29, 0.717) is 59.3 Å². The molecule has 4 unspecified atom stereocenters. The number of fused-ring (bicyclic) bond motifs is 1. The highest BCUT2D eigenvalue weighted by atomic mass is 35.5. The summed E-state index contributed by atoms with van der Waals surface area (Å²) in [6.45, 7) is 4.67. The minimum Gasteiger partial charge on any atom is -0.497 e. The number of hydrogen-bond donors (Lipinski definition) is 2. The molecule has 1 heterocycles. The van der Waals surface area contributed by atoms with E-state index in [1.54, 1.807) is 42.5 Å². The number of carboxylic acid groups (broad SMARTS) is 1. The number of alkyl halides is 3. The van der Waals surface area contributed by atoms with Crippen LogP contribution in [-0.2, 0) is 16.0 Å². The number of benzene rings is 3. The number of aliphatic carboxylic acids is 1. The van der Waals surface area contributed by atoms with Crippen molar-refractivity contribution < 1.29 is 42.1 Å². The Hall–Kier alpha value is -4.12. The first kappa shape index (κ1) is 31.8. The van der Waals surface area contributed by atoms with Gasteiger partial charge in [0.2, 0.25) is 0 Å². The second-order valence-electron chi connectivity index (χ2n) is 12.2. The molecule has 46 heavy (non-hydrogen) atoms. The molecule has 4 aliphatic rings. The van der Waals surface area contributed by atoms with E-state index >= 15 is 0 Å². The van der Waals surface area contributed by atoms with Crippen LogP contribution in [0.25, 0.3) is 0 Å². The van der Waals surface area contributed by atoms with Gasteiger partial charge in [0.25, 0.3) is 5.91 Å². The van der Waals surface area contributed by atoms with Gasteiger partial charge in [0.05, 0.1) is 24.8 Å². The van der Waals surface area contributed by atoms with Crippen LogP contribution in [0.2, 0.25) is 5.02 Å². The van der Waals surface area contributed by atoms with Gasteiger partial charge < -0.3 is 29.5 Å². The minimum absolute atomic E-state index is 0.109. The molecule has 3 fully saturated rings. The zero-order valence-corrected chi connectivity index (χ0v) is 26.3. The first-order chi connectivity index (χ1) is 21.9. The average molecular weight is 659 g/mol. The maximum absolute atomic E-state index is 14.1. The predicted molar refractivity (Wildman–Crippen MR) is 166 cm³/mol. The number of anilines is 2. The zero-order chi connectivity index (χ0) is 33.1. The first-order valence-electron chi connectivity index (χ1n) is 15.2. The molecule has 3 aromatic carbocycles. The van der Waals surface area contributed by atoms with Crippen molar-refractivity contribution in [1.82, 2.24) is 0 Å². The molecule has 3 aliphatic carbocycles. The SMILES string of the molecule is CC.COc1cc(NC(C(=O)N2CCc3ccc(OC(F)(F)F)cc32)c2ccc(Cl)cc2)cc(OCC23CC4(C(=O)O)CC24C3)c1. The molecule has 3 aromatic rings. The fourth-order valence-electron chi connectivity index (χ4n) is 7.59. The number of amides is 1. The second-order valence-corrected chi connectivity index (χ2v) is 12.6. The smallest absolute Gasteiger partial charge is 0.497 e. The summed E-state index contributed by atoms with van der Waals surface area (Å²) in [5.74, 6) is -0.527. The molecule has 0 saturated heterocycles. The van der Waals surface area contributed by atoms with Crippen LogP contribution in [0.5, 0.6) is 17.2 Å². The molecule has 0 radical (unpaired) electrons. The molecule has 7 rings (SSSR count).